The summed E-state index contributed by atoms with van der Waals surface area (Å²) in [4.78, 5) is 15.6. The van der Waals surface area contributed by atoms with Crippen molar-refractivity contribution in [1.29, 1.82) is 0 Å². The van der Waals surface area contributed by atoms with Crippen molar-refractivity contribution in [2.45, 2.75) is 44.9 Å². The Hall–Kier alpha value is -6.85. The van der Waals surface area contributed by atoms with Gasteiger partial charge < -0.3 is 4.57 Å². The second-order valence-corrected chi connectivity index (χ2v) is 16.8. The van der Waals surface area contributed by atoms with Gasteiger partial charge in [-0.15, -0.1) is 0 Å². The fraction of sp³-hybridized carbons (Fsp3) is 0.135. The van der Waals surface area contributed by atoms with E-state index in [2.05, 4.69) is 164 Å². The summed E-state index contributed by atoms with van der Waals surface area (Å²) in [5.74, 6) is 1.84. The van der Waals surface area contributed by atoms with Gasteiger partial charge in [-0.2, -0.15) is 9.97 Å². The van der Waals surface area contributed by atoms with Crippen molar-refractivity contribution in [2.75, 3.05) is 0 Å². The molecular formula is C52H41N5. The Bertz CT molecular complexity index is 3150. The first kappa shape index (κ1) is 33.5. The van der Waals surface area contributed by atoms with Crippen LogP contribution in [0.2, 0.25) is 0 Å². The summed E-state index contributed by atoms with van der Waals surface area (Å²) in [7, 11) is 0. The molecule has 0 saturated heterocycles. The first-order valence-corrected chi connectivity index (χ1v) is 19.8. The molecular weight excluding hydrogens is 695 g/mol. The lowest BCUT2D eigenvalue weighted by molar-refractivity contribution is 0.403. The quantitative estimate of drug-likeness (QED) is 0.177. The molecule has 5 heteroatoms. The van der Waals surface area contributed by atoms with Crippen LogP contribution < -0.4 is 0 Å². The normalized spacial score (nSPS) is 14.5. The summed E-state index contributed by atoms with van der Waals surface area (Å²) in [6.45, 7) is 9.54. The van der Waals surface area contributed by atoms with Crippen molar-refractivity contribution in [2.24, 2.45) is 0 Å². The van der Waals surface area contributed by atoms with Gasteiger partial charge in [-0.05, 0) is 63.8 Å². The third-order valence-corrected chi connectivity index (χ3v) is 12.2. The van der Waals surface area contributed by atoms with Crippen LogP contribution in [0, 0.1) is 0 Å². The van der Waals surface area contributed by atoms with Crippen LogP contribution in [0.4, 0.5) is 0 Å². The van der Waals surface area contributed by atoms with Gasteiger partial charge in [-0.3, -0.25) is 4.57 Å². The molecule has 0 atom stereocenters. The summed E-state index contributed by atoms with van der Waals surface area (Å²) in [6, 6.07) is 58.5. The van der Waals surface area contributed by atoms with Crippen LogP contribution in [0.3, 0.4) is 0 Å². The maximum absolute atomic E-state index is 5.27. The molecule has 0 spiro atoms. The molecule has 0 fully saturated rings. The lowest BCUT2D eigenvalue weighted by Gasteiger charge is -2.22. The van der Waals surface area contributed by atoms with Gasteiger partial charge in [0.25, 0.3) is 0 Å². The number of hydrogen-bond donors (Lipinski definition) is 0. The zero-order valence-electron chi connectivity index (χ0n) is 32.5. The SMILES string of the molecule is CC1(C)CC(C)(C)c2cc(-c3cccc(-n4c5ccccc5c5ccc6c7ccccc7n(-c7nc(-c8ccccc8)nc(-c8ccccc8)n7)c6c54)c3)ccc21. The molecule has 1 aliphatic carbocycles. The van der Waals surface area contributed by atoms with Crippen LogP contribution in [0.5, 0.6) is 0 Å². The average Bonchev–Trinajstić information content (AvgIpc) is 3.83. The van der Waals surface area contributed by atoms with Crippen molar-refractivity contribution in [3.05, 3.63) is 175 Å². The second kappa shape index (κ2) is 12.3. The number of benzene rings is 7. The van der Waals surface area contributed by atoms with E-state index < -0.39 is 0 Å². The first-order valence-electron chi connectivity index (χ1n) is 19.8. The van der Waals surface area contributed by atoms with Gasteiger partial charge in [0.15, 0.2) is 11.6 Å². The maximum atomic E-state index is 5.27. The Morgan fingerprint density at radius 3 is 1.54 bits per heavy atom. The van der Waals surface area contributed by atoms with E-state index >= 15 is 0 Å². The molecule has 7 aromatic carbocycles. The van der Waals surface area contributed by atoms with E-state index in [0.717, 1.165) is 56.1 Å². The molecule has 11 rings (SSSR count). The number of hydrogen-bond acceptors (Lipinski definition) is 3. The third-order valence-electron chi connectivity index (χ3n) is 12.2. The van der Waals surface area contributed by atoms with Gasteiger partial charge in [-0.25, -0.2) is 4.98 Å². The fourth-order valence-electron chi connectivity index (χ4n) is 9.87. The number of aromatic nitrogens is 5. The van der Waals surface area contributed by atoms with E-state index in [-0.39, 0.29) is 10.8 Å². The van der Waals surface area contributed by atoms with Crippen LogP contribution >= 0.6 is 0 Å². The minimum absolute atomic E-state index is 0.119. The molecule has 0 aliphatic heterocycles. The van der Waals surface area contributed by atoms with Crippen LogP contribution in [0.25, 0.3) is 89.2 Å². The maximum Gasteiger partial charge on any atom is 0.238 e. The summed E-state index contributed by atoms with van der Waals surface area (Å²) >= 11 is 0. The zero-order valence-corrected chi connectivity index (χ0v) is 32.5. The molecule has 10 aromatic rings. The van der Waals surface area contributed by atoms with Crippen molar-refractivity contribution < 1.29 is 0 Å². The molecule has 3 aromatic heterocycles. The van der Waals surface area contributed by atoms with E-state index in [1.807, 2.05) is 36.4 Å². The Labute approximate surface area is 331 Å². The summed E-state index contributed by atoms with van der Waals surface area (Å²) in [5.41, 5.74) is 13.0. The number of para-hydroxylation sites is 2. The van der Waals surface area contributed by atoms with Gasteiger partial charge in [-0.1, -0.05) is 167 Å². The van der Waals surface area contributed by atoms with E-state index in [1.165, 1.54) is 33.0 Å². The Kier molecular flexibility index (Phi) is 7.24. The number of rotatable bonds is 5. The van der Waals surface area contributed by atoms with Gasteiger partial charge in [0.05, 0.1) is 22.1 Å². The van der Waals surface area contributed by atoms with E-state index in [9.17, 15) is 0 Å². The van der Waals surface area contributed by atoms with Crippen molar-refractivity contribution >= 4 is 43.6 Å². The lowest BCUT2D eigenvalue weighted by Crippen LogP contribution is -2.17. The van der Waals surface area contributed by atoms with E-state index in [1.54, 1.807) is 0 Å². The summed E-state index contributed by atoms with van der Waals surface area (Å²) < 4.78 is 4.71. The molecule has 57 heavy (non-hydrogen) atoms. The van der Waals surface area contributed by atoms with Gasteiger partial charge >= 0.3 is 0 Å². The second-order valence-electron chi connectivity index (χ2n) is 16.8. The smallest absolute Gasteiger partial charge is 0.238 e. The van der Waals surface area contributed by atoms with Crippen LogP contribution in [0.1, 0.15) is 45.2 Å². The molecule has 0 radical (unpaired) electrons. The Balaban J connectivity index is 1.22. The zero-order chi connectivity index (χ0) is 38.5. The predicted octanol–water partition coefficient (Wildman–Crippen LogP) is 13.0. The Morgan fingerprint density at radius 2 is 0.912 bits per heavy atom. The number of fused-ring (bicyclic) bond motifs is 8. The third kappa shape index (κ3) is 5.19. The molecule has 274 valence electrons. The highest BCUT2D eigenvalue weighted by molar-refractivity contribution is 6.23. The van der Waals surface area contributed by atoms with Crippen molar-refractivity contribution in [3.8, 4) is 45.5 Å². The summed E-state index contributed by atoms with van der Waals surface area (Å²) in [5, 5.41) is 4.66. The first-order chi connectivity index (χ1) is 27.7. The molecule has 3 heterocycles. The fourth-order valence-corrected chi connectivity index (χ4v) is 9.87. The highest BCUT2D eigenvalue weighted by Gasteiger charge is 2.41. The molecule has 0 amide bonds. The molecule has 0 saturated carbocycles. The van der Waals surface area contributed by atoms with Gasteiger partial charge in [0, 0.05) is 38.4 Å². The van der Waals surface area contributed by atoms with Crippen molar-refractivity contribution in [3.63, 3.8) is 0 Å². The van der Waals surface area contributed by atoms with Crippen LogP contribution in [-0.4, -0.2) is 24.1 Å². The lowest BCUT2D eigenvalue weighted by atomic mass is 9.82. The van der Waals surface area contributed by atoms with Crippen LogP contribution in [0.15, 0.2) is 164 Å². The molecule has 1 aliphatic rings. The minimum Gasteiger partial charge on any atom is -0.307 e. The van der Waals surface area contributed by atoms with E-state index in [4.69, 9.17) is 15.0 Å². The molecule has 0 unspecified atom stereocenters. The molecule has 5 nitrogen and oxygen atoms in total. The van der Waals surface area contributed by atoms with Gasteiger partial charge in [0.2, 0.25) is 5.95 Å². The average molecular weight is 736 g/mol. The predicted molar refractivity (Wildman–Crippen MR) is 235 cm³/mol. The minimum atomic E-state index is 0.119. The highest BCUT2D eigenvalue weighted by Crippen LogP contribution is 2.50. The molecule has 0 bridgehead atoms. The highest BCUT2D eigenvalue weighted by atomic mass is 15.2. The van der Waals surface area contributed by atoms with Crippen molar-refractivity contribution in [1.82, 2.24) is 24.1 Å². The standard InChI is InChI=1S/C52H41N5/c1-51(2)32-52(3,4)43-31-36(26-29-42(43)51)35-20-15-21-37(30-35)56-44-24-13-11-22-38(44)40-27-28-41-39-23-12-14-25-45(39)57(47(41)46(40)56)50-54-48(33-16-7-5-8-17-33)53-49(55-50)34-18-9-6-10-19-34/h5-31H,32H2,1-4H3. The molecule has 0 N–H and O–H groups in total. The largest absolute Gasteiger partial charge is 0.307 e. The monoisotopic (exact) mass is 735 g/mol. The van der Waals surface area contributed by atoms with Gasteiger partial charge in [0.1, 0.15) is 0 Å². The Morgan fingerprint density at radius 1 is 0.404 bits per heavy atom. The number of nitrogens with zero attached hydrogens (tertiary/aromatic N) is 5. The summed E-state index contributed by atoms with van der Waals surface area (Å²) in [6.07, 6.45) is 1.14. The van der Waals surface area contributed by atoms with E-state index in [0.29, 0.717) is 17.6 Å². The topological polar surface area (TPSA) is 48.5 Å². The van der Waals surface area contributed by atoms with Crippen LogP contribution in [-0.2, 0) is 10.8 Å².